The second kappa shape index (κ2) is 8.60. The number of piperidine rings is 1. The molecule has 0 aromatic heterocycles. The lowest BCUT2D eigenvalue weighted by Crippen LogP contribution is -2.29. The molecule has 0 saturated carbocycles. The summed E-state index contributed by atoms with van der Waals surface area (Å²) in [6, 6.07) is 15.2. The van der Waals surface area contributed by atoms with Crippen molar-refractivity contribution in [1.29, 1.82) is 0 Å². The van der Waals surface area contributed by atoms with Gasteiger partial charge in [0.1, 0.15) is 11.3 Å². The quantitative estimate of drug-likeness (QED) is 0.397. The van der Waals surface area contributed by atoms with Crippen LogP contribution in [0.25, 0.3) is 22.3 Å². The summed E-state index contributed by atoms with van der Waals surface area (Å²) >= 11 is 0. The molecule has 4 rings (SSSR count). The van der Waals surface area contributed by atoms with Gasteiger partial charge in [-0.05, 0) is 56.0 Å². The molecule has 2 aliphatic heterocycles. The van der Waals surface area contributed by atoms with E-state index in [2.05, 4.69) is 54.3 Å². The summed E-state index contributed by atoms with van der Waals surface area (Å²) in [5, 5.41) is 2.18. The van der Waals surface area contributed by atoms with Gasteiger partial charge in [0.05, 0.1) is 5.36 Å². The van der Waals surface area contributed by atoms with E-state index in [1.165, 1.54) is 50.6 Å². The van der Waals surface area contributed by atoms with Gasteiger partial charge in [0.15, 0.2) is 0 Å². The molecule has 142 valence electrons. The predicted molar refractivity (Wildman–Crippen MR) is 113 cm³/mol. The molecule has 0 atom stereocenters. The average Bonchev–Trinajstić information content (AvgIpc) is 2.72. The lowest BCUT2D eigenvalue weighted by atomic mass is 10.1. The third-order valence-corrected chi connectivity index (χ3v) is 5.55. The molecule has 1 saturated heterocycles. The summed E-state index contributed by atoms with van der Waals surface area (Å²) in [6.07, 6.45) is 8.92. The van der Waals surface area contributed by atoms with E-state index in [-0.39, 0.29) is 0 Å². The molecule has 2 heterocycles. The van der Waals surface area contributed by atoms with Crippen molar-refractivity contribution in [2.45, 2.75) is 51.9 Å². The van der Waals surface area contributed by atoms with Crippen LogP contribution in [0, 0.1) is 0 Å². The van der Waals surface area contributed by atoms with Gasteiger partial charge in [-0.1, -0.05) is 26.2 Å². The van der Waals surface area contributed by atoms with Crippen molar-refractivity contribution in [3.63, 3.8) is 0 Å². The highest BCUT2D eigenvalue weighted by Crippen LogP contribution is 2.30. The standard InChI is InChI=1S/C24H30N2O/c1-2-3-4-6-13-25-21-11-9-19-16-20-10-12-22(26-14-7-5-8-15-26)18-24(20)27-23(19)17-21/h9-12,16-18H,2-8,13-15H2,1H3/b25-21-. The smallest absolute Gasteiger partial charge is 0.136 e. The lowest BCUT2D eigenvalue weighted by Gasteiger charge is -2.28. The van der Waals surface area contributed by atoms with E-state index < -0.39 is 0 Å². The van der Waals surface area contributed by atoms with Crippen molar-refractivity contribution in [2.75, 3.05) is 24.5 Å². The second-order valence-corrected chi connectivity index (χ2v) is 7.68. The SMILES string of the molecule is CCCCCC/N=c1/ccc2cc3ccc(N4CCCCC4)cc3oc-2c1. The van der Waals surface area contributed by atoms with Crippen molar-refractivity contribution in [2.24, 2.45) is 4.99 Å². The molecule has 1 aromatic rings. The van der Waals surface area contributed by atoms with Gasteiger partial charge in [0.2, 0.25) is 0 Å². The molecular formula is C24H30N2O. The maximum absolute atomic E-state index is 6.28. The van der Waals surface area contributed by atoms with E-state index in [9.17, 15) is 0 Å². The largest absolute Gasteiger partial charge is 0.456 e. The van der Waals surface area contributed by atoms with Crippen LogP contribution in [-0.2, 0) is 0 Å². The van der Waals surface area contributed by atoms with E-state index in [1.54, 1.807) is 0 Å². The minimum absolute atomic E-state index is 0.901. The van der Waals surface area contributed by atoms with Crippen molar-refractivity contribution >= 4 is 16.7 Å². The average molecular weight is 363 g/mol. The molecule has 0 N–H and O–H groups in total. The fourth-order valence-corrected chi connectivity index (χ4v) is 3.94. The Morgan fingerprint density at radius 1 is 0.926 bits per heavy atom. The third kappa shape index (κ3) is 4.35. The van der Waals surface area contributed by atoms with E-state index in [1.807, 2.05) is 0 Å². The summed E-state index contributed by atoms with van der Waals surface area (Å²) in [5.41, 5.74) is 3.38. The van der Waals surface area contributed by atoms with Gasteiger partial charge in [-0.25, -0.2) is 0 Å². The minimum atomic E-state index is 0.901. The van der Waals surface area contributed by atoms with Crippen LogP contribution >= 0.6 is 0 Å². The Morgan fingerprint density at radius 2 is 1.81 bits per heavy atom. The van der Waals surface area contributed by atoms with Crippen LogP contribution < -0.4 is 10.3 Å². The molecule has 1 fully saturated rings. The van der Waals surface area contributed by atoms with Crippen molar-refractivity contribution < 1.29 is 4.42 Å². The van der Waals surface area contributed by atoms with Crippen molar-refractivity contribution in [3.8, 4) is 11.3 Å². The first-order chi connectivity index (χ1) is 13.3. The normalized spacial score (nSPS) is 15.7. The maximum Gasteiger partial charge on any atom is 0.136 e. The summed E-state index contributed by atoms with van der Waals surface area (Å²) in [7, 11) is 0. The molecule has 0 amide bonds. The molecular weight excluding hydrogens is 332 g/mol. The summed E-state index contributed by atoms with van der Waals surface area (Å²) in [5.74, 6) is 0.924. The molecule has 0 radical (unpaired) electrons. The number of hydrogen-bond acceptors (Lipinski definition) is 3. The lowest BCUT2D eigenvalue weighted by molar-refractivity contribution is 0.576. The van der Waals surface area contributed by atoms with Crippen molar-refractivity contribution in [3.05, 3.63) is 47.8 Å². The molecule has 0 unspecified atom stereocenters. The number of rotatable bonds is 6. The third-order valence-electron chi connectivity index (χ3n) is 5.55. The van der Waals surface area contributed by atoms with Crippen LogP contribution in [0.15, 0.2) is 51.9 Å². The number of hydrogen-bond donors (Lipinski definition) is 0. The molecule has 27 heavy (non-hydrogen) atoms. The zero-order valence-electron chi connectivity index (χ0n) is 16.4. The number of fused-ring (bicyclic) bond motifs is 2. The molecule has 3 nitrogen and oxygen atoms in total. The maximum atomic E-state index is 6.28. The van der Waals surface area contributed by atoms with Crippen LogP contribution in [0.3, 0.4) is 0 Å². The van der Waals surface area contributed by atoms with Crippen LogP contribution in [-0.4, -0.2) is 19.6 Å². The van der Waals surface area contributed by atoms with Crippen LogP contribution in [0.1, 0.15) is 51.9 Å². The fraction of sp³-hybridized carbons (Fsp3) is 0.458. The fourth-order valence-electron chi connectivity index (χ4n) is 3.94. The minimum Gasteiger partial charge on any atom is -0.456 e. The highest BCUT2D eigenvalue weighted by atomic mass is 16.3. The van der Waals surface area contributed by atoms with Crippen LogP contribution in [0.2, 0.25) is 0 Å². The summed E-state index contributed by atoms with van der Waals surface area (Å²) < 4.78 is 6.28. The first kappa shape index (κ1) is 18.1. The number of benzene rings is 2. The Kier molecular flexibility index (Phi) is 5.76. The molecule has 0 bridgehead atoms. The topological polar surface area (TPSA) is 28.7 Å². The zero-order valence-corrected chi connectivity index (χ0v) is 16.4. The van der Waals surface area contributed by atoms with E-state index in [0.717, 1.165) is 47.3 Å². The van der Waals surface area contributed by atoms with Gasteiger partial charge in [-0.15, -0.1) is 0 Å². The number of nitrogens with zero attached hydrogens (tertiary/aromatic N) is 2. The summed E-state index contributed by atoms with van der Waals surface area (Å²) in [6.45, 7) is 5.45. The Balaban J connectivity index is 1.61. The molecule has 1 aliphatic carbocycles. The highest BCUT2D eigenvalue weighted by molar-refractivity contribution is 5.85. The van der Waals surface area contributed by atoms with Gasteiger partial charge in [0, 0.05) is 48.4 Å². The van der Waals surface area contributed by atoms with Crippen molar-refractivity contribution in [1.82, 2.24) is 0 Å². The van der Waals surface area contributed by atoms with Gasteiger partial charge >= 0.3 is 0 Å². The Labute approximate surface area is 162 Å². The predicted octanol–water partition coefficient (Wildman–Crippen LogP) is 6.01. The summed E-state index contributed by atoms with van der Waals surface area (Å²) in [4.78, 5) is 7.21. The Hall–Kier alpha value is -2.29. The Morgan fingerprint density at radius 3 is 2.67 bits per heavy atom. The van der Waals surface area contributed by atoms with Gasteiger partial charge in [0.25, 0.3) is 0 Å². The molecule has 0 spiro atoms. The van der Waals surface area contributed by atoms with E-state index >= 15 is 0 Å². The number of unbranched alkanes of at least 4 members (excludes halogenated alkanes) is 3. The zero-order chi connectivity index (χ0) is 18.5. The van der Waals surface area contributed by atoms with Crippen LogP contribution in [0.5, 0.6) is 0 Å². The molecule has 1 aromatic carbocycles. The van der Waals surface area contributed by atoms with E-state index in [4.69, 9.17) is 9.41 Å². The highest BCUT2D eigenvalue weighted by Gasteiger charge is 2.13. The second-order valence-electron chi connectivity index (χ2n) is 7.68. The van der Waals surface area contributed by atoms with Gasteiger partial charge in [-0.2, -0.15) is 0 Å². The van der Waals surface area contributed by atoms with Crippen LogP contribution in [0.4, 0.5) is 5.69 Å². The Bertz CT molecular complexity index is 921. The van der Waals surface area contributed by atoms with E-state index in [0.29, 0.717) is 0 Å². The molecule has 3 heteroatoms. The first-order valence-electron chi connectivity index (χ1n) is 10.6. The molecule has 3 aliphatic rings. The van der Waals surface area contributed by atoms with Gasteiger partial charge < -0.3 is 9.32 Å². The van der Waals surface area contributed by atoms with Gasteiger partial charge in [-0.3, -0.25) is 4.99 Å². The monoisotopic (exact) mass is 362 g/mol. The number of anilines is 1. The first-order valence-corrected chi connectivity index (χ1v) is 10.6.